The summed E-state index contributed by atoms with van der Waals surface area (Å²) in [6.45, 7) is 4.11. The van der Waals surface area contributed by atoms with Crippen molar-refractivity contribution >= 4 is 45.6 Å². The number of para-hydroxylation sites is 1. The van der Waals surface area contributed by atoms with Gasteiger partial charge in [0.1, 0.15) is 5.75 Å². The van der Waals surface area contributed by atoms with Crippen LogP contribution in [0.4, 0.5) is 5.69 Å². The smallest absolute Gasteiger partial charge is 0.329 e. The topological polar surface area (TPSA) is 109 Å². The zero-order valence-corrected chi connectivity index (χ0v) is 19.0. The van der Waals surface area contributed by atoms with E-state index in [4.69, 9.17) is 4.74 Å². The minimum atomic E-state index is -0.859. The van der Waals surface area contributed by atoms with Crippen molar-refractivity contribution in [2.75, 3.05) is 18.5 Å². The number of benzene rings is 2. The number of hydrazone groups is 1. The Balaban J connectivity index is 1.94. The summed E-state index contributed by atoms with van der Waals surface area (Å²) in [5.41, 5.74) is 4.36. The molecular weight excluding hydrogens is 464 g/mol. The van der Waals surface area contributed by atoms with E-state index in [2.05, 4.69) is 37.1 Å². The Hall–Kier alpha value is -3.20. The predicted molar refractivity (Wildman–Crippen MR) is 123 cm³/mol. The number of nitrogens with zero attached hydrogens (tertiary/aromatic N) is 1. The van der Waals surface area contributed by atoms with Crippen molar-refractivity contribution in [3.05, 3.63) is 58.1 Å². The number of unbranched alkanes of at least 4 members (excludes halogenated alkanes) is 1. The Morgan fingerprint density at radius 3 is 2.65 bits per heavy atom. The van der Waals surface area contributed by atoms with Gasteiger partial charge in [0.25, 0.3) is 5.91 Å². The van der Waals surface area contributed by atoms with Crippen LogP contribution < -0.4 is 20.8 Å². The first-order valence-electron chi connectivity index (χ1n) is 9.79. The van der Waals surface area contributed by atoms with Crippen molar-refractivity contribution in [2.24, 2.45) is 5.10 Å². The molecule has 31 heavy (non-hydrogen) atoms. The lowest BCUT2D eigenvalue weighted by atomic mass is 10.2. The van der Waals surface area contributed by atoms with E-state index in [-0.39, 0.29) is 12.5 Å². The summed E-state index contributed by atoms with van der Waals surface area (Å²) >= 11 is 3.36. The summed E-state index contributed by atoms with van der Waals surface area (Å²) in [4.78, 5) is 35.6. The summed E-state index contributed by atoms with van der Waals surface area (Å²) in [6, 6.07) is 12.6. The van der Waals surface area contributed by atoms with Crippen LogP contribution in [0.2, 0.25) is 0 Å². The zero-order valence-electron chi connectivity index (χ0n) is 17.4. The van der Waals surface area contributed by atoms with Gasteiger partial charge in [-0.05, 0) is 43.2 Å². The Kier molecular flexibility index (Phi) is 9.70. The molecule has 0 fully saturated rings. The number of carbonyl (C=O) groups excluding carboxylic acids is 3. The van der Waals surface area contributed by atoms with Gasteiger partial charge < -0.3 is 15.4 Å². The second-order valence-electron chi connectivity index (χ2n) is 6.64. The number of nitrogens with one attached hydrogen (secondary N) is 3. The number of ether oxygens (including phenoxy) is 1. The predicted octanol–water partition coefficient (Wildman–Crippen LogP) is 3.14. The first-order valence-corrected chi connectivity index (χ1v) is 10.6. The van der Waals surface area contributed by atoms with Gasteiger partial charge in [0.15, 0.2) is 6.61 Å². The lowest BCUT2D eigenvalue weighted by molar-refractivity contribution is -0.139. The number of carbonyl (C=O) groups is 3. The van der Waals surface area contributed by atoms with E-state index >= 15 is 0 Å². The van der Waals surface area contributed by atoms with Crippen LogP contribution in [0.3, 0.4) is 0 Å². The largest absolute Gasteiger partial charge is 0.483 e. The monoisotopic (exact) mass is 488 g/mol. The first kappa shape index (κ1) is 24.1. The van der Waals surface area contributed by atoms with Crippen LogP contribution in [-0.4, -0.2) is 37.1 Å². The summed E-state index contributed by atoms with van der Waals surface area (Å²) < 4.78 is 6.38. The quantitative estimate of drug-likeness (QED) is 0.218. The summed E-state index contributed by atoms with van der Waals surface area (Å²) in [6.07, 6.45) is 3.05. The highest BCUT2D eigenvalue weighted by molar-refractivity contribution is 9.10. The van der Waals surface area contributed by atoms with Crippen LogP contribution in [0, 0.1) is 6.92 Å². The van der Waals surface area contributed by atoms with Crippen LogP contribution in [0.1, 0.15) is 30.9 Å². The van der Waals surface area contributed by atoms with Gasteiger partial charge in [0, 0.05) is 22.3 Å². The van der Waals surface area contributed by atoms with Crippen LogP contribution in [0.15, 0.2) is 52.0 Å². The molecule has 9 heteroatoms. The molecule has 0 bridgehead atoms. The van der Waals surface area contributed by atoms with Gasteiger partial charge in [-0.2, -0.15) is 5.10 Å². The number of amides is 3. The molecule has 3 amide bonds. The standard InChI is InChI=1S/C22H25BrN4O4/c1-3-4-11-24-21(29)22(30)27-25-13-16-12-17(23)9-10-19(16)31-14-20(28)26-18-8-6-5-7-15(18)2/h5-10,12-13H,3-4,11,14H2,1-2H3,(H,24,29)(H,26,28)(H,27,30)/b25-13-. The summed E-state index contributed by atoms with van der Waals surface area (Å²) in [5, 5.41) is 9.11. The van der Waals surface area contributed by atoms with Crippen LogP contribution in [-0.2, 0) is 14.4 Å². The van der Waals surface area contributed by atoms with Gasteiger partial charge in [0.05, 0.1) is 6.21 Å². The van der Waals surface area contributed by atoms with E-state index < -0.39 is 11.8 Å². The second kappa shape index (κ2) is 12.5. The molecule has 0 aliphatic heterocycles. The van der Waals surface area contributed by atoms with Gasteiger partial charge in [-0.15, -0.1) is 0 Å². The first-order chi connectivity index (χ1) is 14.9. The number of rotatable bonds is 9. The molecular formula is C22H25BrN4O4. The SMILES string of the molecule is CCCCNC(=O)C(=O)N/N=C\c1cc(Br)ccc1OCC(=O)Nc1ccccc1C. The lowest BCUT2D eigenvalue weighted by Crippen LogP contribution is -2.38. The molecule has 0 aromatic heterocycles. The van der Waals surface area contributed by atoms with Crippen molar-refractivity contribution < 1.29 is 19.1 Å². The molecule has 3 N–H and O–H groups in total. The summed E-state index contributed by atoms with van der Waals surface area (Å²) in [5.74, 6) is -1.52. The Labute approximate surface area is 189 Å². The molecule has 2 aromatic carbocycles. The lowest BCUT2D eigenvalue weighted by Gasteiger charge is -2.11. The number of halogens is 1. The Bertz CT molecular complexity index is 962. The molecule has 2 rings (SSSR count). The molecule has 0 aliphatic carbocycles. The van der Waals surface area contributed by atoms with Crippen molar-refractivity contribution in [1.29, 1.82) is 0 Å². The molecule has 0 aliphatic rings. The van der Waals surface area contributed by atoms with Crippen molar-refractivity contribution in [1.82, 2.24) is 10.7 Å². The van der Waals surface area contributed by atoms with E-state index in [0.717, 1.165) is 22.9 Å². The van der Waals surface area contributed by atoms with Crippen molar-refractivity contribution in [3.63, 3.8) is 0 Å². The van der Waals surface area contributed by atoms with E-state index in [1.54, 1.807) is 18.2 Å². The molecule has 0 atom stereocenters. The molecule has 0 unspecified atom stereocenters. The van der Waals surface area contributed by atoms with E-state index in [9.17, 15) is 14.4 Å². The average Bonchev–Trinajstić information content (AvgIpc) is 2.74. The third-order valence-corrected chi connectivity index (χ3v) is 4.63. The van der Waals surface area contributed by atoms with Gasteiger partial charge in [0.2, 0.25) is 0 Å². The van der Waals surface area contributed by atoms with E-state index in [1.807, 2.05) is 38.1 Å². The molecule has 2 aromatic rings. The zero-order chi connectivity index (χ0) is 22.6. The highest BCUT2D eigenvalue weighted by Crippen LogP contribution is 2.22. The molecule has 164 valence electrons. The van der Waals surface area contributed by atoms with Crippen LogP contribution in [0.25, 0.3) is 0 Å². The Morgan fingerprint density at radius 1 is 1.13 bits per heavy atom. The molecule has 0 spiro atoms. The van der Waals surface area contributed by atoms with E-state index in [1.165, 1.54) is 6.21 Å². The molecule has 0 heterocycles. The highest BCUT2D eigenvalue weighted by Gasteiger charge is 2.12. The maximum Gasteiger partial charge on any atom is 0.329 e. The van der Waals surface area contributed by atoms with Crippen molar-refractivity contribution in [3.8, 4) is 5.75 Å². The van der Waals surface area contributed by atoms with E-state index in [0.29, 0.717) is 23.5 Å². The Morgan fingerprint density at radius 2 is 1.90 bits per heavy atom. The minimum absolute atomic E-state index is 0.205. The van der Waals surface area contributed by atoms with Gasteiger partial charge in [-0.25, -0.2) is 5.43 Å². The van der Waals surface area contributed by atoms with Gasteiger partial charge in [-0.1, -0.05) is 47.5 Å². The average molecular weight is 489 g/mol. The fraction of sp³-hybridized carbons (Fsp3) is 0.273. The normalized spacial score (nSPS) is 10.5. The molecule has 0 saturated heterocycles. The molecule has 8 nitrogen and oxygen atoms in total. The number of anilines is 1. The van der Waals surface area contributed by atoms with Gasteiger partial charge >= 0.3 is 11.8 Å². The highest BCUT2D eigenvalue weighted by atomic mass is 79.9. The van der Waals surface area contributed by atoms with Crippen molar-refractivity contribution in [2.45, 2.75) is 26.7 Å². The molecule has 0 radical (unpaired) electrons. The third kappa shape index (κ3) is 8.21. The number of hydrogen-bond acceptors (Lipinski definition) is 5. The maximum absolute atomic E-state index is 12.2. The number of hydrogen-bond donors (Lipinski definition) is 3. The summed E-state index contributed by atoms with van der Waals surface area (Å²) in [7, 11) is 0. The van der Waals surface area contributed by atoms with Gasteiger partial charge in [-0.3, -0.25) is 14.4 Å². The molecule has 0 saturated carbocycles. The van der Waals surface area contributed by atoms with Crippen LogP contribution in [0.5, 0.6) is 5.75 Å². The maximum atomic E-state index is 12.2. The minimum Gasteiger partial charge on any atom is -0.483 e. The van der Waals surface area contributed by atoms with Crippen LogP contribution >= 0.6 is 15.9 Å². The second-order valence-corrected chi connectivity index (χ2v) is 7.56. The fourth-order valence-electron chi connectivity index (χ4n) is 2.46. The third-order valence-electron chi connectivity index (χ3n) is 4.14. The number of aryl methyl sites for hydroxylation is 1. The fourth-order valence-corrected chi connectivity index (χ4v) is 2.84.